The molecule has 2 aromatic rings. The molecule has 0 saturated heterocycles. The topological polar surface area (TPSA) is 68.2 Å². The fourth-order valence-electron chi connectivity index (χ4n) is 2.66. The predicted molar refractivity (Wildman–Crippen MR) is 109 cm³/mol. The van der Waals surface area contributed by atoms with E-state index in [2.05, 4.69) is 20.6 Å². The zero-order chi connectivity index (χ0) is 19.8. The summed E-state index contributed by atoms with van der Waals surface area (Å²) in [5.74, 6) is 2.84. The summed E-state index contributed by atoms with van der Waals surface area (Å²) in [6.07, 6.45) is 0. The summed E-state index contributed by atoms with van der Waals surface area (Å²) in [6.45, 7) is 5.93. The van der Waals surface area contributed by atoms with Crippen LogP contribution < -0.4 is 19.5 Å². The lowest BCUT2D eigenvalue weighted by atomic mass is 10.1. The molecule has 0 aliphatic carbocycles. The van der Waals surface area contributed by atoms with E-state index in [9.17, 15) is 0 Å². The van der Waals surface area contributed by atoms with E-state index in [0.29, 0.717) is 30.3 Å². The van der Waals surface area contributed by atoms with Crippen molar-refractivity contribution in [2.24, 2.45) is 4.99 Å². The molecule has 148 valence electrons. The number of rotatable bonds is 8. The first-order valence-corrected chi connectivity index (χ1v) is 9.59. The minimum absolute atomic E-state index is 0.416. The molecule has 1 N–H and O–H groups in total. The van der Waals surface area contributed by atoms with Crippen molar-refractivity contribution in [2.45, 2.75) is 26.9 Å². The maximum Gasteiger partial charge on any atom is 0.194 e. The van der Waals surface area contributed by atoms with E-state index in [1.165, 1.54) is 0 Å². The highest BCUT2D eigenvalue weighted by atomic mass is 32.1. The molecule has 0 spiro atoms. The Hall–Kier alpha value is -2.48. The van der Waals surface area contributed by atoms with E-state index >= 15 is 0 Å². The molecule has 2 rings (SSSR count). The average Bonchev–Trinajstić information content (AvgIpc) is 3.08. The van der Waals surface area contributed by atoms with Crippen LogP contribution in [0.1, 0.15) is 23.2 Å². The largest absolute Gasteiger partial charge is 0.496 e. The molecule has 0 saturated carbocycles. The van der Waals surface area contributed by atoms with Crippen LogP contribution >= 0.6 is 11.3 Å². The number of hydrogen-bond acceptors (Lipinski definition) is 6. The Labute approximate surface area is 165 Å². The molecule has 27 heavy (non-hydrogen) atoms. The molecule has 0 bridgehead atoms. The molecule has 0 unspecified atom stereocenters. The zero-order valence-electron chi connectivity index (χ0n) is 16.8. The van der Waals surface area contributed by atoms with Gasteiger partial charge in [-0.15, -0.1) is 11.3 Å². The van der Waals surface area contributed by atoms with E-state index in [1.54, 1.807) is 32.7 Å². The summed E-state index contributed by atoms with van der Waals surface area (Å²) < 4.78 is 16.3. The number of nitrogens with one attached hydrogen (secondary N) is 1. The zero-order valence-corrected chi connectivity index (χ0v) is 17.6. The lowest BCUT2D eigenvalue weighted by Gasteiger charge is -2.21. The standard InChI is InChI=1S/C19H28N4O3S/c1-7-20-19(23(3)11-14-12-27-13(2)22-14)21-10-16-17(25-5)8-15(24-4)9-18(16)26-6/h8-9,12H,7,10-11H2,1-6H3,(H,20,21). The van der Waals surface area contributed by atoms with Crippen molar-refractivity contribution in [1.82, 2.24) is 15.2 Å². The molecule has 0 fully saturated rings. The molecule has 1 aromatic heterocycles. The van der Waals surface area contributed by atoms with E-state index in [0.717, 1.165) is 28.8 Å². The molecule has 0 aliphatic heterocycles. The normalized spacial score (nSPS) is 11.3. The quantitative estimate of drug-likeness (QED) is 0.550. The average molecular weight is 393 g/mol. The van der Waals surface area contributed by atoms with Gasteiger partial charge in [-0.05, 0) is 13.8 Å². The van der Waals surface area contributed by atoms with Gasteiger partial charge in [-0.1, -0.05) is 0 Å². The molecule has 8 heteroatoms. The summed E-state index contributed by atoms with van der Waals surface area (Å²) in [5, 5.41) is 6.46. The Bertz CT molecular complexity index is 751. The molecule has 0 radical (unpaired) electrons. The van der Waals surface area contributed by atoms with Gasteiger partial charge in [0, 0.05) is 31.1 Å². The first-order chi connectivity index (χ1) is 13.0. The maximum absolute atomic E-state index is 5.51. The Morgan fingerprint density at radius 2 is 1.85 bits per heavy atom. The summed E-state index contributed by atoms with van der Waals surface area (Å²) in [4.78, 5) is 11.3. The van der Waals surface area contributed by atoms with Crippen LogP contribution in [-0.4, -0.2) is 50.8 Å². The number of aryl methyl sites for hydroxylation is 1. The van der Waals surface area contributed by atoms with Crippen LogP contribution in [0, 0.1) is 6.92 Å². The molecule has 0 aliphatic rings. The molecule has 0 amide bonds. The smallest absolute Gasteiger partial charge is 0.194 e. The van der Waals surface area contributed by atoms with Gasteiger partial charge in [-0.25, -0.2) is 9.98 Å². The van der Waals surface area contributed by atoms with Crippen LogP contribution in [0.5, 0.6) is 17.2 Å². The number of hydrogen-bond donors (Lipinski definition) is 1. The fraction of sp³-hybridized carbons (Fsp3) is 0.474. The van der Waals surface area contributed by atoms with Gasteiger partial charge < -0.3 is 24.4 Å². The van der Waals surface area contributed by atoms with Gasteiger partial charge >= 0.3 is 0 Å². The van der Waals surface area contributed by atoms with Gasteiger partial charge in [0.05, 0.1) is 50.7 Å². The molecule has 7 nitrogen and oxygen atoms in total. The second kappa shape index (κ2) is 10.0. The van der Waals surface area contributed by atoms with Gasteiger partial charge in [-0.3, -0.25) is 0 Å². The molecule has 1 heterocycles. The lowest BCUT2D eigenvalue weighted by molar-refractivity contribution is 0.368. The molecular weight excluding hydrogens is 364 g/mol. The third kappa shape index (κ3) is 5.50. The van der Waals surface area contributed by atoms with Gasteiger partial charge in [0.15, 0.2) is 5.96 Å². The lowest BCUT2D eigenvalue weighted by Crippen LogP contribution is -2.38. The van der Waals surface area contributed by atoms with Crippen molar-refractivity contribution in [1.29, 1.82) is 0 Å². The number of guanidine groups is 1. The highest BCUT2D eigenvalue weighted by Gasteiger charge is 2.14. The highest BCUT2D eigenvalue weighted by molar-refractivity contribution is 7.09. The first kappa shape index (κ1) is 20.8. The number of methoxy groups -OCH3 is 3. The minimum atomic E-state index is 0.416. The van der Waals surface area contributed by atoms with E-state index < -0.39 is 0 Å². The third-order valence-corrected chi connectivity index (χ3v) is 4.79. The predicted octanol–water partition coefficient (Wildman–Crippen LogP) is 3.07. The van der Waals surface area contributed by atoms with Gasteiger partial charge in [0.25, 0.3) is 0 Å². The van der Waals surface area contributed by atoms with Crippen LogP contribution in [0.25, 0.3) is 0 Å². The number of benzene rings is 1. The maximum atomic E-state index is 5.51. The number of nitrogens with zero attached hydrogens (tertiary/aromatic N) is 3. The Morgan fingerprint density at radius 3 is 2.33 bits per heavy atom. The van der Waals surface area contributed by atoms with Crippen molar-refractivity contribution < 1.29 is 14.2 Å². The Balaban J connectivity index is 2.25. The first-order valence-electron chi connectivity index (χ1n) is 8.71. The van der Waals surface area contributed by atoms with Crippen molar-refractivity contribution in [3.8, 4) is 17.2 Å². The van der Waals surface area contributed by atoms with Crippen LogP contribution in [0.15, 0.2) is 22.5 Å². The number of aromatic nitrogens is 1. The van der Waals surface area contributed by atoms with Crippen LogP contribution in [-0.2, 0) is 13.1 Å². The van der Waals surface area contributed by atoms with E-state index in [4.69, 9.17) is 19.2 Å². The molecule has 1 aromatic carbocycles. The monoisotopic (exact) mass is 392 g/mol. The van der Waals surface area contributed by atoms with Crippen molar-refractivity contribution >= 4 is 17.3 Å². The van der Waals surface area contributed by atoms with Gasteiger partial charge in [-0.2, -0.15) is 0 Å². The summed E-state index contributed by atoms with van der Waals surface area (Å²) in [5.41, 5.74) is 1.90. The summed E-state index contributed by atoms with van der Waals surface area (Å²) in [7, 11) is 6.87. The molecular formula is C19H28N4O3S. The van der Waals surface area contributed by atoms with Crippen molar-refractivity contribution in [2.75, 3.05) is 34.9 Å². The third-order valence-electron chi connectivity index (χ3n) is 3.97. The van der Waals surface area contributed by atoms with Crippen molar-refractivity contribution in [3.05, 3.63) is 33.8 Å². The Kier molecular flexibility index (Phi) is 7.72. The molecule has 0 atom stereocenters. The van der Waals surface area contributed by atoms with Crippen LogP contribution in [0.4, 0.5) is 0 Å². The van der Waals surface area contributed by atoms with Crippen molar-refractivity contribution in [3.63, 3.8) is 0 Å². The van der Waals surface area contributed by atoms with Gasteiger partial charge in [0.1, 0.15) is 17.2 Å². The SMILES string of the molecule is CCNC(=NCc1c(OC)cc(OC)cc1OC)N(C)Cc1csc(C)n1. The fourth-order valence-corrected chi connectivity index (χ4v) is 3.26. The van der Waals surface area contributed by atoms with E-state index in [-0.39, 0.29) is 0 Å². The number of thiazole rings is 1. The van der Waals surface area contributed by atoms with Crippen LogP contribution in [0.3, 0.4) is 0 Å². The summed E-state index contributed by atoms with van der Waals surface area (Å²) >= 11 is 1.65. The Morgan fingerprint density at radius 1 is 1.19 bits per heavy atom. The van der Waals surface area contributed by atoms with Crippen LogP contribution in [0.2, 0.25) is 0 Å². The number of ether oxygens (including phenoxy) is 3. The van der Waals surface area contributed by atoms with Gasteiger partial charge in [0.2, 0.25) is 0 Å². The van der Waals surface area contributed by atoms with E-state index in [1.807, 2.05) is 33.0 Å². The second-order valence-corrected chi connectivity index (χ2v) is 6.96. The summed E-state index contributed by atoms with van der Waals surface area (Å²) in [6, 6.07) is 3.67. The minimum Gasteiger partial charge on any atom is -0.496 e. The highest BCUT2D eigenvalue weighted by Crippen LogP contribution is 2.34. The number of aliphatic imine (C=N–C) groups is 1. The second-order valence-electron chi connectivity index (χ2n) is 5.89.